The molecule has 1 saturated heterocycles. The van der Waals surface area contributed by atoms with Gasteiger partial charge in [0.05, 0.1) is 0 Å². The Bertz CT molecular complexity index is 517. The van der Waals surface area contributed by atoms with Crippen LogP contribution in [0.4, 0.5) is 0 Å². The average molecular weight is 242 g/mol. The van der Waals surface area contributed by atoms with Crippen molar-refractivity contribution in [3.05, 3.63) is 42.4 Å². The number of aromatic nitrogens is 1. The van der Waals surface area contributed by atoms with Gasteiger partial charge in [0.2, 0.25) is 0 Å². The Morgan fingerprint density at radius 1 is 1.28 bits per heavy atom. The fraction of sp³-hybridized carbons (Fsp3) is 0.400. The molecule has 1 aliphatic heterocycles. The van der Waals surface area contributed by atoms with Gasteiger partial charge in [-0.25, -0.2) is 0 Å². The number of rotatable bonds is 3. The highest BCUT2D eigenvalue weighted by Gasteiger charge is 2.18. The predicted octanol–water partition coefficient (Wildman–Crippen LogP) is 2.07. The number of benzene rings is 1. The van der Waals surface area contributed by atoms with Gasteiger partial charge in [-0.05, 0) is 36.6 Å². The summed E-state index contributed by atoms with van der Waals surface area (Å²) < 4.78 is 0. The first-order valence-corrected chi connectivity index (χ1v) is 6.67. The molecule has 2 unspecified atom stereocenters. The largest absolute Gasteiger partial charge is 0.361 e. The first-order chi connectivity index (χ1) is 8.83. The molecule has 2 heterocycles. The third kappa shape index (κ3) is 2.42. The summed E-state index contributed by atoms with van der Waals surface area (Å²) in [7, 11) is 0. The van der Waals surface area contributed by atoms with Crippen molar-refractivity contribution in [3.63, 3.8) is 0 Å². The SMILES string of the molecule is CC1[CH]C(NCc2cccc3[nH]ccc23)CNC1. The van der Waals surface area contributed by atoms with Crippen LogP contribution >= 0.6 is 0 Å². The van der Waals surface area contributed by atoms with E-state index in [1.165, 1.54) is 16.5 Å². The van der Waals surface area contributed by atoms with Crippen molar-refractivity contribution >= 4 is 10.9 Å². The molecule has 2 atom stereocenters. The van der Waals surface area contributed by atoms with E-state index in [1.54, 1.807) is 0 Å². The lowest BCUT2D eigenvalue weighted by Gasteiger charge is -2.28. The molecule has 0 aliphatic carbocycles. The van der Waals surface area contributed by atoms with Gasteiger partial charge in [0, 0.05) is 36.2 Å². The van der Waals surface area contributed by atoms with Crippen molar-refractivity contribution in [1.29, 1.82) is 0 Å². The van der Waals surface area contributed by atoms with E-state index in [-0.39, 0.29) is 0 Å². The lowest BCUT2D eigenvalue weighted by Crippen LogP contribution is -2.46. The van der Waals surface area contributed by atoms with Crippen molar-refractivity contribution in [2.45, 2.75) is 19.5 Å². The zero-order chi connectivity index (χ0) is 12.4. The quantitative estimate of drug-likeness (QED) is 0.771. The molecule has 1 radical (unpaired) electrons. The van der Waals surface area contributed by atoms with E-state index in [0.717, 1.165) is 19.6 Å². The highest BCUT2D eigenvalue weighted by molar-refractivity contribution is 5.82. The van der Waals surface area contributed by atoms with Crippen molar-refractivity contribution in [2.24, 2.45) is 5.92 Å². The van der Waals surface area contributed by atoms with Crippen molar-refractivity contribution in [2.75, 3.05) is 13.1 Å². The summed E-state index contributed by atoms with van der Waals surface area (Å²) in [6, 6.07) is 9.06. The van der Waals surface area contributed by atoms with Crippen molar-refractivity contribution < 1.29 is 0 Å². The average Bonchev–Trinajstić information content (AvgIpc) is 2.85. The molecule has 18 heavy (non-hydrogen) atoms. The molecule has 1 aromatic carbocycles. The Labute approximate surface area is 108 Å². The highest BCUT2D eigenvalue weighted by atomic mass is 15.0. The van der Waals surface area contributed by atoms with Crippen molar-refractivity contribution in [1.82, 2.24) is 15.6 Å². The second-order valence-electron chi connectivity index (χ2n) is 5.17. The molecular weight excluding hydrogens is 222 g/mol. The van der Waals surface area contributed by atoms with Crippen LogP contribution in [0.3, 0.4) is 0 Å². The molecule has 3 nitrogen and oxygen atoms in total. The van der Waals surface area contributed by atoms with E-state index in [9.17, 15) is 0 Å². The van der Waals surface area contributed by atoms with Crippen LogP contribution in [0.25, 0.3) is 10.9 Å². The van der Waals surface area contributed by atoms with Crippen molar-refractivity contribution in [3.8, 4) is 0 Å². The minimum atomic E-state index is 0.475. The summed E-state index contributed by atoms with van der Waals surface area (Å²) in [5.74, 6) is 0.652. The summed E-state index contributed by atoms with van der Waals surface area (Å²) in [4.78, 5) is 3.26. The van der Waals surface area contributed by atoms with Gasteiger partial charge in [0.1, 0.15) is 0 Å². The molecule has 3 rings (SSSR count). The zero-order valence-corrected chi connectivity index (χ0v) is 10.7. The predicted molar refractivity (Wildman–Crippen MR) is 75.3 cm³/mol. The third-order valence-corrected chi connectivity index (χ3v) is 3.63. The normalized spacial score (nSPS) is 24.5. The monoisotopic (exact) mass is 242 g/mol. The first-order valence-electron chi connectivity index (χ1n) is 6.67. The van der Waals surface area contributed by atoms with Gasteiger partial charge in [-0.3, -0.25) is 0 Å². The Morgan fingerprint density at radius 2 is 2.22 bits per heavy atom. The number of nitrogens with one attached hydrogen (secondary N) is 3. The summed E-state index contributed by atoms with van der Waals surface area (Å²) >= 11 is 0. The fourth-order valence-corrected chi connectivity index (χ4v) is 2.69. The van der Waals surface area contributed by atoms with Gasteiger partial charge in [-0.1, -0.05) is 19.1 Å². The molecule has 1 fully saturated rings. The van der Waals surface area contributed by atoms with E-state index in [1.807, 2.05) is 6.20 Å². The molecule has 3 heteroatoms. The third-order valence-electron chi connectivity index (χ3n) is 3.63. The van der Waals surface area contributed by atoms with Gasteiger partial charge in [0.25, 0.3) is 0 Å². The van der Waals surface area contributed by atoms with Crippen LogP contribution in [-0.2, 0) is 6.54 Å². The zero-order valence-electron chi connectivity index (χ0n) is 10.7. The number of fused-ring (bicyclic) bond motifs is 1. The Balaban J connectivity index is 1.67. The Kier molecular flexibility index (Phi) is 3.35. The highest BCUT2D eigenvalue weighted by Crippen LogP contribution is 2.17. The van der Waals surface area contributed by atoms with Crippen LogP contribution in [0.5, 0.6) is 0 Å². The molecule has 0 bridgehead atoms. The van der Waals surface area contributed by atoms with E-state index in [0.29, 0.717) is 12.0 Å². The number of hydrogen-bond acceptors (Lipinski definition) is 2. The second kappa shape index (κ2) is 5.12. The van der Waals surface area contributed by atoms with Gasteiger partial charge in [-0.2, -0.15) is 0 Å². The summed E-state index contributed by atoms with van der Waals surface area (Å²) in [5.41, 5.74) is 2.58. The maximum Gasteiger partial charge on any atom is 0.0457 e. The maximum absolute atomic E-state index is 3.62. The molecule has 95 valence electrons. The van der Waals surface area contributed by atoms with Gasteiger partial charge in [0.15, 0.2) is 0 Å². The smallest absolute Gasteiger partial charge is 0.0457 e. The molecule has 1 aromatic heterocycles. The standard InChI is InChI=1S/C15H20N3/c1-11-7-13(10-16-8-11)18-9-12-3-2-4-15-14(12)5-6-17-15/h2-7,11,13,16-18H,8-10H2,1H3. The van der Waals surface area contributed by atoms with Crippen LogP contribution in [0.1, 0.15) is 12.5 Å². The molecule has 3 N–H and O–H groups in total. The lowest BCUT2D eigenvalue weighted by atomic mass is 9.97. The van der Waals surface area contributed by atoms with Gasteiger partial charge >= 0.3 is 0 Å². The van der Waals surface area contributed by atoms with Gasteiger partial charge < -0.3 is 15.6 Å². The topological polar surface area (TPSA) is 39.9 Å². The number of piperidine rings is 1. The molecule has 0 saturated carbocycles. The summed E-state index contributed by atoms with van der Waals surface area (Å²) in [6.07, 6.45) is 4.41. The summed E-state index contributed by atoms with van der Waals surface area (Å²) in [5, 5.41) is 8.39. The minimum Gasteiger partial charge on any atom is -0.361 e. The summed E-state index contributed by atoms with van der Waals surface area (Å²) in [6.45, 7) is 5.32. The maximum atomic E-state index is 3.62. The van der Waals surface area contributed by atoms with Crippen LogP contribution in [0.15, 0.2) is 30.5 Å². The molecule has 0 amide bonds. The van der Waals surface area contributed by atoms with Crippen LogP contribution in [-0.4, -0.2) is 24.1 Å². The van der Waals surface area contributed by atoms with E-state index in [4.69, 9.17) is 0 Å². The number of hydrogen-bond donors (Lipinski definition) is 3. The molecule has 1 aliphatic rings. The van der Waals surface area contributed by atoms with Crippen LogP contribution in [0, 0.1) is 12.3 Å². The van der Waals surface area contributed by atoms with Gasteiger partial charge in [-0.15, -0.1) is 0 Å². The van der Waals surface area contributed by atoms with E-state index in [2.05, 4.69) is 53.2 Å². The molecular formula is C15H20N3. The number of H-pyrrole nitrogens is 1. The second-order valence-corrected chi connectivity index (χ2v) is 5.17. The minimum absolute atomic E-state index is 0.475. The van der Waals surface area contributed by atoms with E-state index < -0.39 is 0 Å². The molecule has 2 aromatic rings. The van der Waals surface area contributed by atoms with Crippen LogP contribution in [0.2, 0.25) is 0 Å². The fourth-order valence-electron chi connectivity index (χ4n) is 2.69. The Morgan fingerprint density at radius 3 is 3.11 bits per heavy atom. The molecule has 0 spiro atoms. The Hall–Kier alpha value is -1.32. The first kappa shape index (κ1) is 11.8. The number of aromatic amines is 1. The van der Waals surface area contributed by atoms with Crippen LogP contribution < -0.4 is 10.6 Å². The lowest BCUT2D eigenvalue weighted by molar-refractivity contribution is 0.402. The van der Waals surface area contributed by atoms with E-state index >= 15 is 0 Å².